The topological polar surface area (TPSA) is 93.1 Å². The van der Waals surface area contributed by atoms with E-state index in [0.717, 1.165) is 4.68 Å². The lowest BCUT2D eigenvalue weighted by atomic mass is 10.1. The highest BCUT2D eigenvalue weighted by atomic mass is 19.1. The molecule has 2 N–H and O–H groups in total. The lowest BCUT2D eigenvalue weighted by molar-refractivity contribution is -0.121. The van der Waals surface area contributed by atoms with E-state index in [2.05, 4.69) is 16.0 Å². The van der Waals surface area contributed by atoms with Crippen molar-refractivity contribution in [3.05, 3.63) is 76.0 Å². The van der Waals surface area contributed by atoms with E-state index in [0.29, 0.717) is 22.8 Å². The van der Waals surface area contributed by atoms with E-state index < -0.39 is 11.8 Å². The predicted molar refractivity (Wildman–Crippen MR) is 97.3 cm³/mol. The molecular weight excluding hydrogens is 351 g/mol. The predicted octanol–water partition coefficient (Wildman–Crippen LogP) is 1.47. The molecule has 2 aromatic carbocycles. The molecule has 0 radical (unpaired) electrons. The molecule has 1 heterocycles. The van der Waals surface area contributed by atoms with E-state index in [1.165, 1.54) is 19.2 Å². The van der Waals surface area contributed by atoms with Crippen molar-refractivity contribution in [1.82, 2.24) is 20.6 Å². The average Bonchev–Trinajstić information content (AvgIpc) is 2.67. The van der Waals surface area contributed by atoms with Gasteiger partial charge in [-0.1, -0.05) is 30.3 Å². The summed E-state index contributed by atoms with van der Waals surface area (Å²) in [5.74, 6) is -1.43. The number of aromatic nitrogens is 2. The second-order valence-electron chi connectivity index (χ2n) is 5.96. The maximum Gasteiger partial charge on any atom is 0.290 e. The van der Waals surface area contributed by atoms with Gasteiger partial charge in [-0.15, -0.1) is 0 Å². The van der Waals surface area contributed by atoms with Crippen LogP contribution in [0, 0.1) is 5.82 Å². The molecule has 0 spiro atoms. The molecule has 27 heavy (non-hydrogen) atoms. The Morgan fingerprint density at radius 2 is 1.81 bits per heavy atom. The second-order valence-corrected chi connectivity index (χ2v) is 5.96. The molecule has 2 amide bonds. The number of hydrazine groups is 1. The van der Waals surface area contributed by atoms with Crippen LogP contribution < -0.4 is 16.4 Å². The van der Waals surface area contributed by atoms with Gasteiger partial charge in [-0.25, -0.2) is 9.07 Å². The van der Waals surface area contributed by atoms with Gasteiger partial charge in [-0.3, -0.25) is 25.2 Å². The molecule has 0 aliphatic rings. The Hall–Kier alpha value is -3.55. The number of rotatable bonds is 4. The number of hydrogen-bond donors (Lipinski definition) is 2. The van der Waals surface area contributed by atoms with E-state index in [9.17, 15) is 18.8 Å². The number of amides is 2. The van der Waals surface area contributed by atoms with Crippen LogP contribution >= 0.6 is 0 Å². The van der Waals surface area contributed by atoms with Gasteiger partial charge >= 0.3 is 0 Å². The fourth-order valence-electron chi connectivity index (χ4n) is 2.67. The zero-order valence-corrected chi connectivity index (χ0v) is 14.5. The van der Waals surface area contributed by atoms with Gasteiger partial charge in [0.05, 0.1) is 5.39 Å². The fraction of sp³-hybridized carbons (Fsp3) is 0.158. The van der Waals surface area contributed by atoms with Crippen LogP contribution in [-0.2, 0) is 18.3 Å². The van der Waals surface area contributed by atoms with Gasteiger partial charge in [0.1, 0.15) is 5.82 Å². The summed E-state index contributed by atoms with van der Waals surface area (Å²) in [7, 11) is 1.45. The first-order chi connectivity index (χ1) is 13.0. The SMILES string of the molecule is Cn1nc(C(=O)NNC(=O)CCc2cccc(F)c2)c2ccccc2c1=O. The number of aryl methyl sites for hydroxylation is 2. The molecule has 1 aromatic heterocycles. The monoisotopic (exact) mass is 368 g/mol. The Morgan fingerprint density at radius 3 is 2.56 bits per heavy atom. The standard InChI is InChI=1S/C19H17FN4O3/c1-24-19(27)15-8-3-2-7-14(15)17(23-24)18(26)22-21-16(25)10-9-12-5-4-6-13(20)11-12/h2-8,11H,9-10H2,1H3,(H,21,25)(H,22,26). The minimum atomic E-state index is -0.638. The van der Waals surface area contributed by atoms with Crippen LogP contribution in [0.1, 0.15) is 22.5 Å². The van der Waals surface area contributed by atoms with Crippen molar-refractivity contribution in [2.75, 3.05) is 0 Å². The van der Waals surface area contributed by atoms with Gasteiger partial charge in [-0.05, 0) is 30.2 Å². The quantitative estimate of drug-likeness (QED) is 0.682. The Bertz CT molecular complexity index is 1080. The van der Waals surface area contributed by atoms with Gasteiger partial charge < -0.3 is 0 Å². The van der Waals surface area contributed by atoms with E-state index >= 15 is 0 Å². The zero-order valence-electron chi connectivity index (χ0n) is 14.5. The lowest BCUT2D eigenvalue weighted by Gasteiger charge is -2.10. The summed E-state index contributed by atoms with van der Waals surface area (Å²) in [6, 6.07) is 12.6. The summed E-state index contributed by atoms with van der Waals surface area (Å²) in [5, 5.41) is 4.74. The maximum atomic E-state index is 13.1. The first kappa shape index (κ1) is 18.2. The van der Waals surface area contributed by atoms with Gasteiger partial charge in [0.2, 0.25) is 5.91 Å². The van der Waals surface area contributed by atoms with Crippen molar-refractivity contribution < 1.29 is 14.0 Å². The summed E-state index contributed by atoms with van der Waals surface area (Å²) in [4.78, 5) is 36.4. The molecule has 0 aliphatic carbocycles. The van der Waals surface area contributed by atoms with E-state index in [-0.39, 0.29) is 23.5 Å². The molecule has 0 saturated carbocycles. The Labute approximate surface area is 153 Å². The molecule has 0 unspecified atom stereocenters. The van der Waals surface area contributed by atoms with Gasteiger partial charge in [0.25, 0.3) is 11.5 Å². The number of nitrogens with zero attached hydrogens (tertiary/aromatic N) is 2. The van der Waals surface area contributed by atoms with Crippen molar-refractivity contribution in [2.45, 2.75) is 12.8 Å². The molecule has 0 atom stereocenters. The van der Waals surface area contributed by atoms with Crippen molar-refractivity contribution in [1.29, 1.82) is 0 Å². The van der Waals surface area contributed by atoms with Crippen molar-refractivity contribution in [2.24, 2.45) is 7.05 Å². The molecule has 0 fully saturated rings. The third-order valence-electron chi connectivity index (χ3n) is 4.02. The van der Waals surface area contributed by atoms with Gasteiger partial charge in [0.15, 0.2) is 5.69 Å². The summed E-state index contributed by atoms with van der Waals surface area (Å²) in [6.07, 6.45) is 0.408. The van der Waals surface area contributed by atoms with Gasteiger partial charge in [-0.2, -0.15) is 5.10 Å². The number of fused-ring (bicyclic) bond motifs is 1. The first-order valence-corrected chi connectivity index (χ1v) is 8.25. The highest BCUT2D eigenvalue weighted by Gasteiger charge is 2.16. The molecule has 7 nitrogen and oxygen atoms in total. The minimum absolute atomic E-state index is 0.0260. The third kappa shape index (κ3) is 4.17. The number of nitrogens with one attached hydrogen (secondary N) is 2. The van der Waals surface area contributed by atoms with Crippen LogP contribution in [0.4, 0.5) is 4.39 Å². The number of hydrogen-bond acceptors (Lipinski definition) is 4. The first-order valence-electron chi connectivity index (χ1n) is 8.25. The molecule has 0 bridgehead atoms. The molecule has 0 aliphatic heterocycles. The fourth-order valence-corrected chi connectivity index (χ4v) is 2.67. The van der Waals surface area contributed by atoms with Crippen LogP contribution in [0.15, 0.2) is 53.3 Å². The van der Waals surface area contributed by atoms with Crippen LogP contribution in [0.5, 0.6) is 0 Å². The summed E-state index contributed by atoms with van der Waals surface area (Å²) >= 11 is 0. The number of halogens is 1. The summed E-state index contributed by atoms with van der Waals surface area (Å²) in [6.45, 7) is 0. The minimum Gasteiger partial charge on any atom is -0.273 e. The Morgan fingerprint density at radius 1 is 1.07 bits per heavy atom. The third-order valence-corrected chi connectivity index (χ3v) is 4.02. The lowest BCUT2D eigenvalue weighted by Crippen LogP contribution is -2.42. The van der Waals surface area contributed by atoms with E-state index in [1.807, 2.05) is 0 Å². The van der Waals surface area contributed by atoms with Crippen molar-refractivity contribution >= 4 is 22.6 Å². The highest BCUT2D eigenvalue weighted by molar-refractivity contribution is 6.05. The number of benzene rings is 2. The van der Waals surface area contributed by atoms with Crippen LogP contribution in [0.25, 0.3) is 10.8 Å². The highest BCUT2D eigenvalue weighted by Crippen LogP contribution is 2.12. The maximum absolute atomic E-state index is 13.1. The summed E-state index contributed by atoms with van der Waals surface area (Å²) in [5.41, 5.74) is 4.99. The van der Waals surface area contributed by atoms with Crippen LogP contribution in [0.3, 0.4) is 0 Å². The van der Waals surface area contributed by atoms with Crippen molar-refractivity contribution in [3.8, 4) is 0 Å². The Balaban J connectivity index is 1.66. The molecule has 8 heteroatoms. The number of carbonyl (C=O) groups is 2. The molecule has 3 rings (SSSR count). The number of carbonyl (C=O) groups excluding carboxylic acids is 2. The summed E-state index contributed by atoms with van der Waals surface area (Å²) < 4.78 is 14.2. The van der Waals surface area contributed by atoms with E-state index in [4.69, 9.17) is 0 Å². The second kappa shape index (κ2) is 7.77. The van der Waals surface area contributed by atoms with Crippen LogP contribution in [-0.4, -0.2) is 21.6 Å². The zero-order chi connectivity index (χ0) is 19.4. The largest absolute Gasteiger partial charge is 0.290 e. The van der Waals surface area contributed by atoms with Crippen molar-refractivity contribution in [3.63, 3.8) is 0 Å². The average molecular weight is 368 g/mol. The molecular formula is C19H17FN4O3. The molecule has 3 aromatic rings. The molecule has 0 saturated heterocycles. The Kier molecular flexibility index (Phi) is 5.25. The smallest absolute Gasteiger partial charge is 0.273 e. The normalized spacial score (nSPS) is 10.6. The van der Waals surface area contributed by atoms with Crippen LogP contribution in [0.2, 0.25) is 0 Å². The molecule has 138 valence electrons. The van der Waals surface area contributed by atoms with E-state index in [1.54, 1.807) is 36.4 Å². The van der Waals surface area contributed by atoms with Gasteiger partial charge in [0, 0.05) is 18.9 Å².